The number of benzene rings is 1. The Bertz CT molecular complexity index is 863. The molecule has 0 bridgehead atoms. The minimum absolute atomic E-state index is 0.108. The Morgan fingerprint density at radius 1 is 1.12 bits per heavy atom. The lowest BCUT2D eigenvalue weighted by molar-refractivity contribution is 0.0730. The van der Waals surface area contributed by atoms with E-state index in [4.69, 9.17) is 0 Å². The van der Waals surface area contributed by atoms with Crippen molar-refractivity contribution < 1.29 is 4.79 Å². The second-order valence-corrected chi connectivity index (χ2v) is 6.61. The number of pyridine rings is 1. The van der Waals surface area contributed by atoms with Crippen LogP contribution in [0.15, 0.2) is 61.4 Å². The van der Waals surface area contributed by atoms with Crippen LogP contribution in [0.1, 0.15) is 35.2 Å². The molecule has 0 unspecified atom stereocenters. The van der Waals surface area contributed by atoms with Crippen LogP contribution in [-0.2, 0) is 6.42 Å². The fraction of sp³-hybridized carbons (Fsp3) is 0.300. The van der Waals surface area contributed by atoms with Gasteiger partial charge in [-0.15, -0.1) is 10.2 Å². The molecule has 0 radical (unpaired) electrons. The minimum atomic E-state index is 0.108. The molecule has 0 N–H and O–H groups in total. The van der Waals surface area contributed by atoms with Gasteiger partial charge in [0.2, 0.25) is 0 Å². The number of hydrogen-bond donors (Lipinski definition) is 0. The maximum Gasteiger partial charge on any atom is 0.254 e. The van der Waals surface area contributed by atoms with Crippen molar-refractivity contribution in [2.75, 3.05) is 6.54 Å². The normalized spacial score (nSPS) is 16.8. The zero-order chi connectivity index (χ0) is 17.8. The van der Waals surface area contributed by atoms with Gasteiger partial charge in [-0.3, -0.25) is 14.3 Å². The first-order chi connectivity index (χ1) is 12.8. The summed E-state index contributed by atoms with van der Waals surface area (Å²) >= 11 is 0. The summed E-state index contributed by atoms with van der Waals surface area (Å²) in [5.74, 6) is 0.108. The van der Waals surface area contributed by atoms with Crippen LogP contribution in [0, 0.1) is 0 Å². The average Bonchev–Trinajstić information content (AvgIpc) is 3.39. The Hall–Kier alpha value is -3.02. The van der Waals surface area contributed by atoms with E-state index in [2.05, 4.69) is 15.2 Å². The van der Waals surface area contributed by atoms with Crippen molar-refractivity contribution in [2.24, 2.45) is 0 Å². The third-order valence-corrected chi connectivity index (χ3v) is 4.96. The maximum atomic E-state index is 13.1. The molecule has 1 aliphatic heterocycles. The fourth-order valence-electron chi connectivity index (χ4n) is 3.59. The van der Waals surface area contributed by atoms with E-state index in [0.717, 1.165) is 37.9 Å². The van der Waals surface area contributed by atoms with Gasteiger partial charge in [-0.1, -0.05) is 6.07 Å². The van der Waals surface area contributed by atoms with Crippen molar-refractivity contribution in [3.8, 4) is 5.69 Å². The molecule has 26 heavy (non-hydrogen) atoms. The highest BCUT2D eigenvalue weighted by Crippen LogP contribution is 2.24. The van der Waals surface area contributed by atoms with Crippen molar-refractivity contribution in [2.45, 2.75) is 31.7 Å². The molecule has 1 saturated heterocycles. The van der Waals surface area contributed by atoms with Crippen molar-refractivity contribution in [3.05, 3.63) is 72.6 Å². The number of amides is 1. The third kappa shape index (κ3) is 3.49. The largest absolute Gasteiger partial charge is 0.336 e. The van der Waals surface area contributed by atoms with Gasteiger partial charge in [-0.2, -0.15) is 0 Å². The molecule has 0 saturated carbocycles. The summed E-state index contributed by atoms with van der Waals surface area (Å²) in [7, 11) is 0. The maximum absolute atomic E-state index is 13.1. The summed E-state index contributed by atoms with van der Waals surface area (Å²) < 4.78 is 1.81. The highest BCUT2D eigenvalue weighted by atomic mass is 16.2. The zero-order valence-electron chi connectivity index (χ0n) is 14.5. The lowest BCUT2D eigenvalue weighted by atomic mass is 10.0. The SMILES string of the molecule is O=C(c1cccc(-n2cnnc2)c1)N1CCC[C@@H]1CCc1ccncc1. The first kappa shape index (κ1) is 16.4. The lowest BCUT2D eigenvalue weighted by Crippen LogP contribution is -2.35. The van der Waals surface area contributed by atoms with E-state index >= 15 is 0 Å². The van der Waals surface area contributed by atoms with Crippen molar-refractivity contribution >= 4 is 5.91 Å². The predicted molar refractivity (Wildman–Crippen MR) is 98.0 cm³/mol. The first-order valence-electron chi connectivity index (χ1n) is 8.96. The van der Waals surface area contributed by atoms with E-state index in [-0.39, 0.29) is 5.91 Å². The second kappa shape index (κ2) is 7.47. The number of hydrogen-bond acceptors (Lipinski definition) is 4. The molecular weight excluding hydrogens is 326 g/mol. The molecule has 6 heteroatoms. The summed E-state index contributed by atoms with van der Waals surface area (Å²) in [5.41, 5.74) is 2.88. The van der Waals surface area contributed by atoms with E-state index in [1.54, 1.807) is 12.7 Å². The summed E-state index contributed by atoms with van der Waals surface area (Å²) in [6.07, 6.45) is 11.0. The average molecular weight is 347 g/mol. The highest BCUT2D eigenvalue weighted by Gasteiger charge is 2.29. The quantitative estimate of drug-likeness (QED) is 0.712. The molecule has 2 aromatic heterocycles. The number of rotatable bonds is 5. The molecular formula is C20H21N5O. The van der Waals surface area contributed by atoms with Gasteiger partial charge in [0.15, 0.2) is 0 Å². The van der Waals surface area contributed by atoms with Crippen LogP contribution in [0.5, 0.6) is 0 Å². The summed E-state index contributed by atoms with van der Waals surface area (Å²) in [5, 5.41) is 7.66. The third-order valence-electron chi connectivity index (χ3n) is 4.96. The van der Waals surface area contributed by atoms with E-state index in [0.29, 0.717) is 11.6 Å². The van der Waals surface area contributed by atoms with Crippen LogP contribution in [-0.4, -0.2) is 43.1 Å². The number of aromatic nitrogens is 4. The van der Waals surface area contributed by atoms with Crippen molar-refractivity contribution in [1.82, 2.24) is 24.6 Å². The molecule has 1 aromatic carbocycles. The van der Waals surface area contributed by atoms with Gasteiger partial charge in [0.1, 0.15) is 12.7 Å². The fourth-order valence-corrected chi connectivity index (χ4v) is 3.59. The van der Waals surface area contributed by atoms with Crippen LogP contribution in [0.3, 0.4) is 0 Å². The van der Waals surface area contributed by atoms with Gasteiger partial charge in [0.25, 0.3) is 5.91 Å². The van der Waals surface area contributed by atoms with Gasteiger partial charge in [0, 0.05) is 36.2 Å². The Balaban J connectivity index is 1.47. The molecule has 3 heterocycles. The summed E-state index contributed by atoms with van der Waals surface area (Å²) in [4.78, 5) is 19.2. The molecule has 1 amide bonds. The van der Waals surface area contributed by atoms with Crippen LogP contribution >= 0.6 is 0 Å². The van der Waals surface area contributed by atoms with Crippen LogP contribution in [0.25, 0.3) is 5.69 Å². The van der Waals surface area contributed by atoms with Crippen LogP contribution in [0.4, 0.5) is 0 Å². The Morgan fingerprint density at radius 3 is 2.73 bits per heavy atom. The second-order valence-electron chi connectivity index (χ2n) is 6.61. The van der Waals surface area contributed by atoms with E-state index in [1.807, 2.05) is 58.3 Å². The summed E-state index contributed by atoms with van der Waals surface area (Å²) in [6, 6.07) is 12.0. The van der Waals surface area contributed by atoms with Crippen LogP contribution in [0.2, 0.25) is 0 Å². The summed E-state index contributed by atoms with van der Waals surface area (Å²) in [6.45, 7) is 0.830. The number of aryl methyl sites for hydroxylation is 1. The molecule has 132 valence electrons. The van der Waals surface area contributed by atoms with Crippen LogP contribution < -0.4 is 0 Å². The van der Waals surface area contributed by atoms with Gasteiger partial charge < -0.3 is 4.90 Å². The van der Waals surface area contributed by atoms with E-state index in [9.17, 15) is 4.79 Å². The number of likely N-dealkylation sites (tertiary alicyclic amines) is 1. The Kier molecular flexibility index (Phi) is 4.73. The van der Waals surface area contributed by atoms with Crippen molar-refractivity contribution in [1.29, 1.82) is 0 Å². The molecule has 3 aromatic rings. The topological polar surface area (TPSA) is 63.9 Å². The monoisotopic (exact) mass is 347 g/mol. The molecule has 1 aliphatic rings. The minimum Gasteiger partial charge on any atom is -0.336 e. The molecule has 0 aliphatic carbocycles. The van der Waals surface area contributed by atoms with E-state index < -0.39 is 0 Å². The molecule has 4 rings (SSSR count). The Labute approximate surface area is 152 Å². The van der Waals surface area contributed by atoms with E-state index in [1.165, 1.54) is 5.56 Å². The molecule has 1 atom stereocenters. The molecule has 1 fully saturated rings. The van der Waals surface area contributed by atoms with Gasteiger partial charge in [-0.05, 0) is 61.6 Å². The zero-order valence-corrected chi connectivity index (χ0v) is 14.5. The van der Waals surface area contributed by atoms with Gasteiger partial charge in [0.05, 0.1) is 0 Å². The highest BCUT2D eigenvalue weighted by molar-refractivity contribution is 5.95. The standard InChI is InChI=1S/C20H21N5O/c26-20(17-3-1-4-19(13-17)24-14-22-23-15-24)25-12-2-5-18(25)7-6-16-8-10-21-11-9-16/h1,3-4,8-11,13-15,18H,2,5-7,12H2/t18-/m1/s1. The van der Waals surface area contributed by atoms with Gasteiger partial charge >= 0.3 is 0 Å². The molecule has 0 spiro atoms. The molecule has 6 nitrogen and oxygen atoms in total. The number of nitrogens with zero attached hydrogens (tertiary/aromatic N) is 5. The van der Waals surface area contributed by atoms with Gasteiger partial charge in [-0.25, -0.2) is 0 Å². The lowest BCUT2D eigenvalue weighted by Gasteiger charge is -2.25. The first-order valence-corrected chi connectivity index (χ1v) is 8.96. The van der Waals surface area contributed by atoms with Crippen molar-refractivity contribution in [3.63, 3.8) is 0 Å². The Morgan fingerprint density at radius 2 is 1.92 bits per heavy atom. The smallest absolute Gasteiger partial charge is 0.254 e. The number of carbonyl (C=O) groups excluding carboxylic acids is 1. The predicted octanol–water partition coefficient (Wildman–Crippen LogP) is 2.90. The number of carbonyl (C=O) groups is 1.